The van der Waals surface area contributed by atoms with Gasteiger partial charge >= 0.3 is 0 Å². The molecule has 144 valence electrons. The highest BCUT2D eigenvalue weighted by Crippen LogP contribution is 2.13. The Balaban J connectivity index is 2.22. The maximum Gasteiger partial charge on any atom is 0.251 e. The average Bonchev–Trinajstić information content (AvgIpc) is 2.62. The van der Waals surface area contributed by atoms with Crippen LogP contribution in [0.2, 0.25) is 0 Å². The monoisotopic (exact) mass is 363 g/mol. The van der Waals surface area contributed by atoms with Gasteiger partial charge in [-0.25, -0.2) is 0 Å². The van der Waals surface area contributed by atoms with Gasteiger partial charge in [-0.15, -0.1) is 0 Å². The Kier molecular flexibility index (Phi) is 10.5. The minimum Gasteiger partial charge on any atom is -0.550 e. The molecule has 0 bridgehead atoms. The zero-order valence-electron chi connectivity index (χ0n) is 15.2. The lowest BCUT2D eigenvalue weighted by Crippen LogP contribution is -2.31. The Morgan fingerprint density at radius 3 is 2.35 bits per heavy atom. The Morgan fingerprint density at radius 1 is 0.962 bits per heavy atom. The number of amides is 2. The highest BCUT2D eigenvalue weighted by Gasteiger charge is 2.07. The topological polar surface area (TPSA) is 108 Å². The standard InChI is InChI=1S/C19H28N2O5/c1-2-3-4-14-26-16-9-7-15(8-10-16)19(25)21-13-11-17(22)20-12-5-6-18(23)24/h7-10H,2-6,11-14H2,1H3,(H,20,22)(H,21,25)(H,23,24)/p-1. The van der Waals surface area contributed by atoms with E-state index in [2.05, 4.69) is 17.6 Å². The van der Waals surface area contributed by atoms with Gasteiger partial charge in [-0.3, -0.25) is 9.59 Å². The van der Waals surface area contributed by atoms with Gasteiger partial charge in [0.2, 0.25) is 5.91 Å². The predicted molar refractivity (Wildman–Crippen MR) is 95.7 cm³/mol. The third-order valence-corrected chi connectivity index (χ3v) is 3.65. The average molecular weight is 363 g/mol. The van der Waals surface area contributed by atoms with Crippen LogP contribution in [0.5, 0.6) is 5.75 Å². The van der Waals surface area contributed by atoms with Crippen LogP contribution in [-0.4, -0.2) is 37.5 Å². The summed E-state index contributed by atoms with van der Waals surface area (Å²) in [6, 6.07) is 6.88. The van der Waals surface area contributed by atoms with Crippen molar-refractivity contribution in [1.82, 2.24) is 10.6 Å². The lowest BCUT2D eigenvalue weighted by molar-refractivity contribution is -0.305. The summed E-state index contributed by atoms with van der Waals surface area (Å²) in [6.07, 6.45) is 3.65. The molecule has 0 aliphatic heterocycles. The molecule has 0 aliphatic carbocycles. The highest BCUT2D eigenvalue weighted by atomic mass is 16.5. The van der Waals surface area contributed by atoms with Crippen molar-refractivity contribution < 1.29 is 24.2 Å². The van der Waals surface area contributed by atoms with Gasteiger partial charge < -0.3 is 25.3 Å². The number of hydrogen-bond acceptors (Lipinski definition) is 5. The van der Waals surface area contributed by atoms with Crippen molar-refractivity contribution in [3.05, 3.63) is 29.8 Å². The van der Waals surface area contributed by atoms with E-state index in [1.165, 1.54) is 0 Å². The molecule has 0 saturated carbocycles. The number of carboxylic acids is 1. The summed E-state index contributed by atoms with van der Waals surface area (Å²) in [5.74, 6) is -0.899. The smallest absolute Gasteiger partial charge is 0.251 e. The molecule has 0 fully saturated rings. The van der Waals surface area contributed by atoms with Gasteiger partial charge in [0.25, 0.3) is 5.91 Å². The van der Waals surface area contributed by atoms with Crippen LogP contribution in [0.1, 0.15) is 55.8 Å². The molecular formula is C19H27N2O5-. The number of aliphatic carboxylic acids is 1. The van der Waals surface area contributed by atoms with Crippen molar-refractivity contribution in [2.75, 3.05) is 19.7 Å². The summed E-state index contributed by atoms with van der Waals surface area (Å²) in [5.41, 5.74) is 0.500. The minimum atomic E-state index is -1.14. The summed E-state index contributed by atoms with van der Waals surface area (Å²) < 4.78 is 5.59. The summed E-state index contributed by atoms with van der Waals surface area (Å²) in [5, 5.41) is 15.5. The van der Waals surface area contributed by atoms with Gasteiger partial charge in [0.05, 0.1) is 6.61 Å². The van der Waals surface area contributed by atoms with Gasteiger partial charge in [0.15, 0.2) is 0 Å². The van der Waals surface area contributed by atoms with Crippen molar-refractivity contribution in [3.63, 3.8) is 0 Å². The number of carboxylic acid groups (broad SMARTS) is 1. The van der Waals surface area contributed by atoms with Crippen LogP contribution in [0.4, 0.5) is 0 Å². The fraction of sp³-hybridized carbons (Fsp3) is 0.526. The Bertz CT molecular complexity index is 572. The summed E-state index contributed by atoms with van der Waals surface area (Å²) >= 11 is 0. The van der Waals surface area contributed by atoms with Crippen molar-refractivity contribution >= 4 is 17.8 Å². The Labute approximate surface area is 154 Å². The molecule has 0 unspecified atom stereocenters. The second-order valence-corrected chi connectivity index (χ2v) is 5.91. The summed E-state index contributed by atoms with van der Waals surface area (Å²) in [7, 11) is 0. The number of ether oxygens (including phenoxy) is 1. The molecule has 0 aromatic heterocycles. The SMILES string of the molecule is CCCCCOc1ccc(C(=O)NCCC(=O)NCCCC(=O)[O-])cc1. The molecule has 0 heterocycles. The minimum absolute atomic E-state index is 0.0880. The summed E-state index contributed by atoms with van der Waals surface area (Å²) in [6.45, 7) is 3.28. The molecule has 0 spiro atoms. The first-order valence-electron chi connectivity index (χ1n) is 9.00. The lowest BCUT2D eigenvalue weighted by Gasteiger charge is -2.08. The number of hydrogen-bond donors (Lipinski definition) is 2. The van der Waals surface area contributed by atoms with Crippen LogP contribution >= 0.6 is 0 Å². The third kappa shape index (κ3) is 9.66. The van der Waals surface area contributed by atoms with Gasteiger partial charge in [-0.2, -0.15) is 0 Å². The number of carbonyl (C=O) groups is 3. The Morgan fingerprint density at radius 2 is 1.69 bits per heavy atom. The van der Waals surface area contributed by atoms with Crippen LogP contribution < -0.4 is 20.5 Å². The van der Waals surface area contributed by atoms with Gasteiger partial charge in [-0.1, -0.05) is 19.8 Å². The van der Waals surface area contributed by atoms with Gasteiger partial charge in [0, 0.05) is 31.0 Å². The molecule has 2 amide bonds. The van der Waals surface area contributed by atoms with Crippen molar-refractivity contribution in [2.24, 2.45) is 0 Å². The molecule has 7 heteroatoms. The second kappa shape index (κ2) is 12.7. The lowest BCUT2D eigenvalue weighted by atomic mass is 10.2. The molecule has 0 saturated heterocycles. The van der Waals surface area contributed by atoms with E-state index in [1.807, 2.05) is 0 Å². The fourth-order valence-corrected chi connectivity index (χ4v) is 2.19. The normalized spacial score (nSPS) is 10.2. The predicted octanol–water partition coefficient (Wildman–Crippen LogP) is 1.02. The largest absolute Gasteiger partial charge is 0.550 e. The molecule has 0 radical (unpaired) electrons. The fourth-order valence-electron chi connectivity index (χ4n) is 2.19. The van der Waals surface area contributed by atoms with E-state index >= 15 is 0 Å². The first-order valence-corrected chi connectivity index (χ1v) is 9.00. The van der Waals surface area contributed by atoms with E-state index in [0.29, 0.717) is 18.6 Å². The second-order valence-electron chi connectivity index (χ2n) is 5.91. The molecule has 7 nitrogen and oxygen atoms in total. The quantitative estimate of drug-likeness (QED) is 0.509. The maximum absolute atomic E-state index is 12.0. The van der Waals surface area contributed by atoms with E-state index in [0.717, 1.165) is 25.0 Å². The number of benzene rings is 1. The zero-order chi connectivity index (χ0) is 19.2. The zero-order valence-corrected chi connectivity index (χ0v) is 15.2. The van der Waals surface area contributed by atoms with Crippen molar-refractivity contribution in [3.8, 4) is 5.75 Å². The number of unbranched alkanes of at least 4 members (excludes halogenated alkanes) is 2. The van der Waals surface area contributed by atoms with Crippen LogP contribution in [0.3, 0.4) is 0 Å². The molecular weight excluding hydrogens is 336 g/mol. The van der Waals surface area contributed by atoms with Crippen LogP contribution in [0.25, 0.3) is 0 Å². The molecule has 1 aromatic carbocycles. The number of carbonyl (C=O) groups excluding carboxylic acids is 3. The molecule has 26 heavy (non-hydrogen) atoms. The maximum atomic E-state index is 12.0. The van der Waals surface area contributed by atoms with Crippen molar-refractivity contribution in [1.29, 1.82) is 0 Å². The molecule has 0 atom stereocenters. The highest BCUT2D eigenvalue weighted by molar-refractivity contribution is 5.94. The van der Waals surface area contributed by atoms with E-state index in [-0.39, 0.29) is 37.7 Å². The van der Waals surface area contributed by atoms with Crippen LogP contribution in [0, 0.1) is 0 Å². The van der Waals surface area contributed by atoms with Gasteiger partial charge in [-0.05, 0) is 43.5 Å². The number of rotatable bonds is 13. The summed E-state index contributed by atoms with van der Waals surface area (Å²) in [4.78, 5) is 33.8. The van der Waals surface area contributed by atoms with E-state index in [4.69, 9.17) is 4.74 Å². The first-order chi connectivity index (χ1) is 12.5. The third-order valence-electron chi connectivity index (χ3n) is 3.65. The van der Waals surface area contributed by atoms with E-state index in [9.17, 15) is 19.5 Å². The van der Waals surface area contributed by atoms with Crippen molar-refractivity contribution in [2.45, 2.75) is 45.4 Å². The number of nitrogens with one attached hydrogen (secondary N) is 2. The van der Waals surface area contributed by atoms with Gasteiger partial charge in [0.1, 0.15) is 5.75 Å². The molecule has 1 aromatic rings. The molecule has 1 rings (SSSR count). The molecule has 0 aliphatic rings. The molecule has 2 N–H and O–H groups in total. The Hall–Kier alpha value is -2.57. The van der Waals surface area contributed by atoms with E-state index in [1.54, 1.807) is 24.3 Å². The van der Waals surface area contributed by atoms with Crippen LogP contribution in [-0.2, 0) is 9.59 Å². The van der Waals surface area contributed by atoms with Crippen LogP contribution in [0.15, 0.2) is 24.3 Å². The van der Waals surface area contributed by atoms with E-state index < -0.39 is 5.97 Å². The first kappa shape index (κ1) is 21.5.